The van der Waals surface area contributed by atoms with Crippen molar-refractivity contribution in [2.75, 3.05) is 18.9 Å². The van der Waals surface area contributed by atoms with Gasteiger partial charge in [0, 0.05) is 10.2 Å². The molecule has 2 bridgehead atoms. The van der Waals surface area contributed by atoms with Crippen molar-refractivity contribution in [1.82, 2.24) is 0 Å². The van der Waals surface area contributed by atoms with Crippen molar-refractivity contribution < 1.29 is 13.6 Å². The van der Waals surface area contributed by atoms with Gasteiger partial charge in [-0.15, -0.1) is 0 Å². The maximum Gasteiger partial charge on any atom is 0.192 e. The van der Waals surface area contributed by atoms with E-state index in [0.717, 1.165) is 35.8 Å². The molecule has 2 saturated heterocycles. The number of anilines is 1. The van der Waals surface area contributed by atoms with E-state index in [1.807, 2.05) is 6.07 Å². The maximum atomic E-state index is 7.05. The predicted molar refractivity (Wildman–Crippen MR) is 153 cm³/mol. The van der Waals surface area contributed by atoms with Crippen molar-refractivity contribution in [3.63, 3.8) is 0 Å². The number of hydrogen-bond acceptors (Lipinski definition) is 4. The van der Waals surface area contributed by atoms with Gasteiger partial charge in [0.1, 0.15) is 0 Å². The second-order valence-corrected chi connectivity index (χ2v) is 24.4. The summed E-state index contributed by atoms with van der Waals surface area (Å²) in [5.74, 6) is 0.402. The van der Waals surface area contributed by atoms with E-state index in [2.05, 4.69) is 95.8 Å². The molecule has 2 aliphatic rings. The first-order chi connectivity index (χ1) is 15.3. The Kier molecular flexibility index (Phi) is 7.75. The Morgan fingerprint density at radius 1 is 0.912 bits per heavy atom. The summed E-state index contributed by atoms with van der Waals surface area (Å²) in [6, 6.07) is 6.42. The van der Waals surface area contributed by atoms with Crippen LogP contribution in [0.5, 0.6) is 0 Å². The molecule has 7 heteroatoms. The van der Waals surface area contributed by atoms with Gasteiger partial charge in [-0.25, -0.2) is 0 Å². The molecule has 0 unspecified atom stereocenters. The third kappa shape index (κ3) is 5.86. The van der Waals surface area contributed by atoms with Crippen LogP contribution in [0.25, 0.3) is 0 Å². The highest BCUT2D eigenvalue weighted by molar-refractivity contribution is 9.10. The standard InChI is InChI=1S/C27H48BrNO3Si2/c1-24(2,3)33(7,8)30-18-26-13-14-27(32-26,19-31-34(9,10)25(4,5)6)17-21(16-26)20-11-12-23(29)22(28)15-20/h11-12,15,21H,13-14,16-19,29H2,1-10H3/t21-,26+,27-. The lowest BCUT2D eigenvalue weighted by atomic mass is 9.80. The van der Waals surface area contributed by atoms with E-state index in [-0.39, 0.29) is 21.3 Å². The fraction of sp³-hybridized carbons (Fsp3) is 0.778. The summed E-state index contributed by atoms with van der Waals surface area (Å²) in [5, 5.41) is 0.362. The smallest absolute Gasteiger partial charge is 0.192 e. The molecule has 0 saturated carbocycles. The van der Waals surface area contributed by atoms with Gasteiger partial charge in [0.2, 0.25) is 0 Å². The van der Waals surface area contributed by atoms with Crippen molar-refractivity contribution in [2.45, 2.75) is 121 Å². The number of halogens is 1. The maximum absolute atomic E-state index is 7.05. The fourth-order valence-corrected chi connectivity index (χ4v) is 7.20. The van der Waals surface area contributed by atoms with Crippen LogP contribution in [0, 0.1) is 0 Å². The minimum Gasteiger partial charge on any atom is -0.414 e. The van der Waals surface area contributed by atoms with Gasteiger partial charge in [-0.05, 0) is 101 Å². The van der Waals surface area contributed by atoms with Crippen LogP contribution in [0.4, 0.5) is 5.69 Å². The van der Waals surface area contributed by atoms with Crippen molar-refractivity contribution in [2.24, 2.45) is 0 Å². The third-order valence-corrected chi connectivity index (χ3v) is 18.9. The van der Waals surface area contributed by atoms with Crippen molar-refractivity contribution >= 4 is 38.3 Å². The highest BCUT2D eigenvalue weighted by atomic mass is 79.9. The summed E-state index contributed by atoms with van der Waals surface area (Å²) >= 11 is 3.65. The molecule has 2 fully saturated rings. The summed E-state index contributed by atoms with van der Waals surface area (Å²) < 4.78 is 21.6. The Labute approximate surface area is 219 Å². The molecule has 194 valence electrons. The lowest BCUT2D eigenvalue weighted by Crippen LogP contribution is -2.53. The van der Waals surface area contributed by atoms with E-state index in [4.69, 9.17) is 19.3 Å². The summed E-state index contributed by atoms with van der Waals surface area (Å²) in [6.45, 7) is 24.5. The molecular weight excluding hydrogens is 522 g/mol. The SMILES string of the molecule is CC(C)(C)[Si](C)(C)OC[C@@]12CC[C@@](CO[Si](C)(C)C(C)(C)C)(C[C@@H](c3ccc(N)c(Br)c3)C1)O2. The van der Waals surface area contributed by atoms with Crippen LogP contribution in [0.2, 0.25) is 36.3 Å². The highest BCUT2D eigenvalue weighted by Gasteiger charge is 2.57. The van der Waals surface area contributed by atoms with E-state index in [0.29, 0.717) is 19.1 Å². The zero-order valence-corrected chi connectivity index (χ0v) is 26.8. The summed E-state index contributed by atoms with van der Waals surface area (Å²) in [4.78, 5) is 0. The minimum absolute atomic E-state index is 0.181. The van der Waals surface area contributed by atoms with Crippen molar-refractivity contribution in [3.05, 3.63) is 28.2 Å². The molecule has 3 rings (SSSR count). The van der Waals surface area contributed by atoms with Crippen LogP contribution in [0.1, 0.15) is 78.7 Å². The molecule has 4 nitrogen and oxygen atoms in total. The lowest BCUT2D eigenvalue weighted by Gasteiger charge is -2.47. The fourth-order valence-electron chi connectivity index (χ4n) is 4.69. The molecule has 0 spiro atoms. The van der Waals surface area contributed by atoms with Crippen LogP contribution in [0.3, 0.4) is 0 Å². The predicted octanol–water partition coefficient (Wildman–Crippen LogP) is 8.24. The van der Waals surface area contributed by atoms with Crippen LogP contribution >= 0.6 is 15.9 Å². The molecule has 0 radical (unpaired) electrons. The number of nitrogens with two attached hydrogens (primary N) is 1. The lowest BCUT2D eigenvalue weighted by molar-refractivity contribution is -0.173. The molecule has 3 atom stereocenters. The molecule has 34 heavy (non-hydrogen) atoms. The monoisotopic (exact) mass is 569 g/mol. The minimum atomic E-state index is -1.88. The van der Waals surface area contributed by atoms with Crippen LogP contribution in [0.15, 0.2) is 22.7 Å². The molecular formula is C27H48BrNO3Si2. The Morgan fingerprint density at radius 3 is 1.74 bits per heavy atom. The first-order valence-electron chi connectivity index (χ1n) is 12.8. The Morgan fingerprint density at radius 2 is 1.35 bits per heavy atom. The van der Waals surface area contributed by atoms with Gasteiger partial charge in [-0.3, -0.25) is 0 Å². The zero-order chi connectivity index (χ0) is 25.8. The quantitative estimate of drug-likeness (QED) is 0.265. The van der Waals surface area contributed by atoms with Gasteiger partial charge in [-0.2, -0.15) is 0 Å². The molecule has 0 aromatic heterocycles. The Balaban J connectivity index is 1.89. The number of hydrogen-bond donors (Lipinski definition) is 1. The highest BCUT2D eigenvalue weighted by Crippen LogP contribution is 2.55. The summed E-state index contributed by atoms with van der Waals surface area (Å²) in [7, 11) is -3.75. The number of fused-ring (bicyclic) bond motifs is 2. The molecule has 2 N–H and O–H groups in total. The molecule has 2 heterocycles. The third-order valence-electron chi connectivity index (χ3n) is 9.21. The van der Waals surface area contributed by atoms with E-state index in [9.17, 15) is 0 Å². The van der Waals surface area contributed by atoms with Crippen LogP contribution in [-0.2, 0) is 13.6 Å². The van der Waals surface area contributed by atoms with E-state index in [1.165, 1.54) is 5.56 Å². The molecule has 0 amide bonds. The van der Waals surface area contributed by atoms with Gasteiger partial charge in [0.05, 0.1) is 24.4 Å². The van der Waals surface area contributed by atoms with Gasteiger partial charge >= 0.3 is 0 Å². The number of nitrogen functional groups attached to an aromatic ring is 1. The van der Waals surface area contributed by atoms with Gasteiger partial charge in [0.25, 0.3) is 0 Å². The summed E-state index contributed by atoms with van der Waals surface area (Å²) in [5.41, 5.74) is 7.73. The second kappa shape index (κ2) is 9.28. The number of ether oxygens (including phenoxy) is 1. The van der Waals surface area contributed by atoms with Gasteiger partial charge in [-0.1, -0.05) is 47.6 Å². The normalized spacial score (nSPS) is 28.4. The first-order valence-corrected chi connectivity index (χ1v) is 19.4. The molecule has 0 aliphatic carbocycles. The zero-order valence-electron chi connectivity index (χ0n) is 23.2. The summed E-state index contributed by atoms with van der Waals surface area (Å²) in [6.07, 6.45) is 4.05. The number of benzene rings is 1. The van der Waals surface area contributed by atoms with Crippen LogP contribution in [-0.4, -0.2) is 41.1 Å². The molecule has 2 aliphatic heterocycles. The van der Waals surface area contributed by atoms with E-state index in [1.54, 1.807) is 0 Å². The Hall–Kier alpha value is -0.186. The van der Waals surface area contributed by atoms with E-state index < -0.39 is 16.6 Å². The Bertz CT molecular complexity index is 847. The topological polar surface area (TPSA) is 53.7 Å². The first kappa shape index (κ1) is 28.4. The van der Waals surface area contributed by atoms with E-state index >= 15 is 0 Å². The average Bonchev–Trinajstić information content (AvgIpc) is 2.97. The van der Waals surface area contributed by atoms with Crippen molar-refractivity contribution in [3.8, 4) is 0 Å². The second-order valence-electron chi connectivity index (χ2n) is 14.0. The van der Waals surface area contributed by atoms with Gasteiger partial charge in [0.15, 0.2) is 16.6 Å². The largest absolute Gasteiger partial charge is 0.414 e. The molecule has 1 aromatic carbocycles. The van der Waals surface area contributed by atoms with Gasteiger partial charge < -0.3 is 19.3 Å². The van der Waals surface area contributed by atoms with Crippen LogP contribution < -0.4 is 5.73 Å². The number of rotatable bonds is 7. The molecule has 1 aromatic rings. The average molecular weight is 571 g/mol. The van der Waals surface area contributed by atoms with Crippen molar-refractivity contribution in [1.29, 1.82) is 0 Å².